The molecule has 4 atom stereocenters. The zero-order valence-electron chi connectivity index (χ0n) is 18.9. The van der Waals surface area contributed by atoms with Gasteiger partial charge in [0.1, 0.15) is 11.5 Å². The van der Waals surface area contributed by atoms with Crippen LogP contribution in [0.4, 0.5) is 4.39 Å². The number of aliphatic hydroxyl groups excluding tert-OH is 1. The molecule has 0 radical (unpaired) electrons. The minimum Gasteiger partial charge on any atom is -0.391 e. The molecule has 5 rings (SSSR count). The highest BCUT2D eigenvalue weighted by Crippen LogP contribution is 2.39. The molecule has 172 valence electrons. The summed E-state index contributed by atoms with van der Waals surface area (Å²) in [4.78, 5) is 17.7. The second-order valence-corrected chi connectivity index (χ2v) is 9.48. The molecule has 7 heteroatoms. The Morgan fingerprint density at radius 3 is 2.36 bits per heavy atom. The largest absolute Gasteiger partial charge is 0.391 e. The fourth-order valence-corrected chi connectivity index (χ4v) is 5.36. The number of aromatic nitrogens is 2. The van der Waals surface area contributed by atoms with Gasteiger partial charge in [-0.25, -0.2) is 9.07 Å². The van der Waals surface area contributed by atoms with Gasteiger partial charge in [0.25, 0.3) is 5.91 Å². The van der Waals surface area contributed by atoms with Crippen LogP contribution in [0.2, 0.25) is 0 Å². The maximum absolute atomic E-state index is 13.7. The molecule has 1 aliphatic carbocycles. The minimum absolute atomic E-state index is 0.0678. The highest BCUT2D eigenvalue weighted by Gasteiger charge is 2.44. The van der Waals surface area contributed by atoms with Crippen LogP contribution in [0.1, 0.15) is 23.2 Å². The lowest BCUT2D eigenvalue weighted by atomic mass is 9.77. The minimum atomic E-state index is -0.369. The van der Waals surface area contributed by atoms with Crippen LogP contribution in [0.25, 0.3) is 16.9 Å². The van der Waals surface area contributed by atoms with Crippen LogP contribution in [-0.4, -0.2) is 69.9 Å². The van der Waals surface area contributed by atoms with Crippen LogP contribution in [-0.2, 0) is 0 Å². The molecule has 2 fully saturated rings. The molecule has 33 heavy (non-hydrogen) atoms. The van der Waals surface area contributed by atoms with Crippen LogP contribution in [0, 0.1) is 17.7 Å². The molecule has 1 saturated carbocycles. The van der Waals surface area contributed by atoms with Crippen molar-refractivity contribution in [2.45, 2.75) is 25.0 Å². The number of fused-ring (bicyclic) bond motifs is 1. The quantitative estimate of drug-likeness (QED) is 0.664. The van der Waals surface area contributed by atoms with Crippen molar-refractivity contribution in [3.05, 3.63) is 72.2 Å². The number of nitrogens with zero attached hydrogens (tertiary/aromatic N) is 4. The highest BCUT2D eigenvalue weighted by molar-refractivity contribution is 6.00. The summed E-state index contributed by atoms with van der Waals surface area (Å²) in [5, 5.41) is 15.3. The van der Waals surface area contributed by atoms with Crippen LogP contribution in [0.5, 0.6) is 0 Å². The Morgan fingerprint density at radius 1 is 1.03 bits per heavy atom. The smallest absolute Gasteiger partial charge is 0.257 e. The first kappa shape index (κ1) is 21.8. The molecule has 0 unspecified atom stereocenters. The molecule has 3 aromatic rings. The molecule has 2 aliphatic rings. The maximum Gasteiger partial charge on any atom is 0.257 e. The van der Waals surface area contributed by atoms with E-state index < -0.39 is 0 Å². The van der Waals surface area contributed by atoms with E-state index in [9.17, 15) is 14.3 Å². The molecule has 1 saturated heterocycles. The van der Waals surface area contributed by atoms with Gasteiger partial charge in [-0.1, -0.05) is 18.2 Å². The van der Waals surface area contributed by atoms with E-state index in [1.165, 1.54) is 12.1 Å². The van der Waals surface area contributed by atoms with E-state index >= 15 is 0 Å². The predicted octanol–water partition coefficient (Wildman–Crippen LogP) is 3.45. The Bertz CT molecular complexity index is 1130. The Kier molecular flexibility index (Phi) is 5.76. The number of likely N-dealkylation sites (tertiary alicyclic amines) is 1. The molecule has 2 heterocycles. The molecular formula is C26H29FN4O2. The van der Waals surface area contributed by atoms with E-state index in [4.69, 9.17) is 5.10 Å². The lowest BCUT2D eigenvalue weighted by Crippen LogP contribution is -2.46. The van der Waals surface area contributed by atoms with Crippen molar-refractivity contribution in [3.63, 3.8) is 0 Å². The molecule has 0 spiro atoms. The number of likely N-dealkylation sites (N-methyl/N-ethyl adjacent to an activating group) is 1. The molecule has 1 aromatic heterocycles. The zero-order chi connectivity index (χ0) is 23.1. The number of rotatable bonds is 4. The van der Waals surface area contributed by atoms with Crippen molar-refractivity contribution in [2.24, 2.45) is 11.8 Å². The van der Waals surface area contributed by atoms with Gasteiger partial charge in [0.05, 0.1) is 17.4 Å². The van der Waals surface area contributed by atoms with Gasteiger partial charge < -0.3 is 14.9 Å². The lowest BCUT2D eigenvalue weighted by molar-refractivity contribution is 0.00940. The van der Waals surface area contributed by atoms with Crippen LogP contribution < -0.4 is 0 Å². The Balaban J connectivity index is 1.46. The summed E-state index contributed by atoms with van der Waals surface area (Å²) in [6.45, 7) is 1.32. The normalized spacial score (nSPS) is 24.8. The van der Waals surface area contributed by atoms with Crippen molar-refractivity contribution >= 4 is 5.91 Å². The lowest BCUT2D eigenvalue weighted by Gasteiger charge is -2.38. The number of hydrogen-bond donors (Lipinski definition) is 1. The third-order valence-electron chi connectivity index (χ3n) is 7.14. The van der Waals surface area contributed by atoms with E-state index in [2.05, 4.69) is 4.90 Å². The number of amides is 1. The van der Waals surface area contributed by atoms with Crippen LogP contribution >= 0.6 is 0 Å². The second kappa shape index (κ2) is 8.72. The average molecular weight is 449 g/mol. The van der Waals surface area contributed by atoms with E-state index in [0.717, 1.165) is 12.1 Å². The Hall–Kier alpha value is -3.03. The zero-order valence-corrected chi connectivity index (χ0v) is 18.9. The molecule has 2 aromatic carbocycles. The second-order valence-electron chi connectivity index (χ2n) is 9.48. The average Bonchev–Trinajstić information content (AvgIpc) is 3.43. The van der Waals surface area contributed by atoms with Crippen LogP contribution in [0.15, 0.2) is 60.8 Å². The molecule has 1 N–H and O–H groups in total. The Labute approximate surface area is 193 Å². The van der Waals surface area contributed by atoms with Crippen molar-refractivity contribution in [1.29, 1.82) is 0 Å². The summed E-state index contributed by atoms with van der Waals surface area (Å²) in [5.74, 6) is 0.287. The number of carbonyl (C=O) groups excluding carboxylic acids is 1. The fraction of sp³-hybridized carbons (Fsp3) is 0.385. The first-order valence-corrected chi connectivity index (χ1v) is 11.5. The van der Waals surface area contributed by atoms with Gasteiger partial charge in [0.2, 0.25) is 0 Å². The summed E-state index contributed by atoms with van der Waals surface area (Å²) >= 11 is 0. The number of aliphatic hydroxyl groups is 1. The number of benzene rings is 2. The number of carbonyl (C=O) groups is 1. The van der Waals surface area contributed by atoms with Gasteiger partial charge in [-0.3, -0.25) is 4.79 Å². The first-order chi connectivity index (χ1) is 15.9. The monoisotopic (exact) mass is 448 g/mol. The summed E-state index contributed by atoms with van der Waals surface area (Å²) in [6.07, 6.45) is 3.00. The highest BCUT2D eigenvalue weighted by atomic mass is 19.1. The number of hydrogen-bond acceptors (Lipinski definition) is 4. The van der Waals surface area contributed by atoms with Crippen molar-refractivity contribution in [2.75, 3.05) is 27.2 Å². The maximum atomic E-state index is 13.7. The third-order valence-corrected chi connectivity index (χ3v) is 7.14. The van der Waals surface area contributed by atoms with Crippen LogP contribution in [0.3, 0.4) is 0 Å². The van der Waals surface area contributed by atoms with Gasteiger partial charge in [-0.15, -0.1) is 0 Å². The standard InChI is InChI=1S/C26H29FN4O2/c1-29(2)23-12-18-14-30(15-19(18)13-24(23)32)26(33)22-16-31(21-6-4-3-5-7-21)28-25(22)17-8-10-20(27)11-9-17/h3-11,16,18-19,23-24,32H,12-15H2,1-2H3/t18-,19+,23-,24-/m1/s1. The number of para-hydroxylation sites is 1. The summed E-state index contributed by atoms with van der Waals surface area (Å²) in [6, 6.07) is 15.9. The van der Waals surface area contributed by atoms with Gasteiger partial charge in [0, 0.05) is 30.9 Å². The van der Waals surface area contributed by atoms with Crippen molar-refractivity contribution < 1.29 is 14.3 Å². The van der Waals surface area contributed by atoms with Gasteiger partial charge in [-0.05, 0) is 75.2 Å². The summed E-state index contributed by atoms with van der Waals surface area (Å²) in [7, 11) is 4.00. The first-order valence-electron chi connectivity index (χ1n) is 11.5. The Morgan fingerprint density at radius 2 is 1.70 bits per heavy atom. The molecule has 6 nitrogen and oxygen atoms in total. The number of halogens is 1. The summed E-state index contributed by atoms with van der Waals surface area (Å²) < 4.78 is 15.3. The topological polar surface area (TPSA) is 61.6 Å². The van der Waals surface area contributed by atoms with Gasteiger partial charge in [-0.2, -0.15) is 5.10 Å². The summed E-state index contributed by atoms with van der Waals surface area (Å²) in [5.41, 5.74) is 2.61. The fourth-order valence-electron chi connectivity index (χ4n) is 5.36. The van der Waals surface area contributed by atoms with E-state index in [1.54, 1.807) is 23.0 Å². The molecule has 0 bridgehead atoms. The SMILES string of the molecule is CN(C)[C@@H]1C[C@@H]2CN(C(=O)c3cn(-c4ccccc4)nc3-c3ccc(F)cc3)C[C@@H]2C[C@H]1O. The van der Waals surface area contributed by atoms with E-state index in [1.807, 2.05) is 49.3 Å². The van der Waals surface area contributed by atoms with Crippen molar-refractivity contribution in [1.82, 2.24) is 19.6 Å². The van der Waals surface area contributed by atoms with E-state index in [0.29, 0.717) is 48.2 Å². The van der Waals surface area contributed by atoms with Gasteiger partial charge >= 0.3 is 0 Å². The van der Waals surface area contributed by atoms with Crippen molar-refractivity contribution in [3.8, 4) is 16.9 Å². The third kappa shape index (κ3) is 4.18. The molecular weight excluding hydrogens is 419 g/mol. The molecule has 1 amide bonds. The van der Waals surface area contributed by atoms with Gasteiger partial charge in [0.15, 0.2) is 0 Å². The molecule has 1 aliphatic heterocycles. The van der Waals surface area contributed by atoms with E-state index in [-0.39, 0.29) is 23.9 Å². The predicted molar refractivity (Wildman–Crippen MR) is 125 cm³/mol.